The molecule has 1 aromatic carbocycles. The summed E-state index contributed by atoms with van der Waals surface area (Å²) >= 11 is 3.11. The van der Waals surface area contributed by atoms with E-state index in [2.05, 4.69) is 15.9 Å². The van der Waals surface area contributed by atoms with E-state index in [1.54, 1.807) is 18.2 Å². The third-order valence-electron chi connectivity index (χ3n) is 2.92. The number of benzene rings is 1. The van der Waals surface area contributed by atoms with Gasteiger partial charge in [-0.15, -0.1) is 0 Å². The van der Waals surface area contributed by atoms with Gasteiger partial charge in [0.2, 0.25) is 0 Å². The summed E-state index contributed by atoms with van der Waals surface area (Å²) in [5, 5.41) is 10.1. The van der Waals surface area contributed by atoms with E-state index in [0.717, 1.165) is 12.8 Å². The molecule has 3 atom stereocenters. The predicted octanol–water partition coefficient (Wildman–Crippen LogP) is 3.19. The largest absolute Gasteiger partial charge is 0.386 e. The lowest BCUT2D eigenvalue weighted by atomic mass is 10.0. The van der Waals surface area contributed by atoms with Gasteiger partial charge in [0.15, 0.2) is 0 Å². The Labute approximate surface area is 103 Å². The van der Waals surface area contributed by atoms with Crippen molar-refractivity contribution in [3.63, 3.8) is 0 Å². The molecule has 0 saturated carbocycles. The Morgan fingerprint density at radius 2 is 2.25 bits per heavy atom. The average Bonchev–Trinajstić information content (AvgIpc) is 2.68. The number of aliphatic hydroxyl groups excluding tert-OH is 1. The summed E-state index contributed by atoms with van der Waals surface area (Å²) in [6, 6.07) is 4.92. The summed E-state index contributed by atoms with van der Waals surface area (Å²) in [6.07, 6.45) is 0.655. The lowest BCUT2D eigenvalue weighted by Gasteiger charge is -2.19. The molecule has 0 radical (unpaired) electrons. The zero-order valence-electron chi connectivity index (χ0n) is 8.99. The number of hydrogen-bond acceptors (Lipinski definition) is 2. The van der Waals surface area contributed by atoms with Crippen molar-refractivity contribution in [2.75, 3.05) is 0 Å². The van der Waals surface area contributed by atoms with Gasteiger partial charge in [0, 0.05) is 5.56 Å². The second-order valence-corrected chi connectivity index (χ2v) is 5.00. The molecule has 1 heterocycles. The van der Waals surface area contributed by atoms with E-state index in [4.69, 9.17) is 4.74 Å². The number of rotatable bonds is 2. The maximum absolute atomic E-state index is 13.7. The molecule has 1 aliphatic rings. The topological polar surface area (TPSA) is 29.5 Å². The first-order valence-electron chi connectivity index (χ1n) is 5.37. The highest BCUT2D eigenvalue weighted by atomic mass is 79.9. The summed E-state index contributed by atoms with van der Waals surface area (Å²) in [5.74, 6) is -0.404. The van der Waals surface area contributed by atoms with Gasteiger partial charge in [-0.1, -0.05) is 12.1 Å². The Hall–Kier alpha value is -0.450. The van der Waals surface area contributed by atoms with Crippen molar-refractivity contribution in [3.05, 3.63) is 34.1 Å². The van der Waals surface area contributed by atoms with Crippen LogP contribution in [0.5, 0.6) is 0 Å². The summed E-state index contributed by atoms with van der Waals surface area (Å²) in [4.78, 5) is 0. The molecule has 0 aromatic heterocycles. The normalized spacial score (nSPS) is 27.0. The highest BCUT2D eigenvalue weighted by Gasteiger charge is 2.31. The van der Waals surface area contributed by atoms with E-state index >= 15 is 0 Å². The Bertz CT molecular complexity index is 383. The molecule has 1 fully saturated rings. The molecule has 4 heteroatoms. The van der Waals surface area contributed by atoms with Gasteiger partial charge in [0.1, 0.15) is 11.9 Å². The van der Waals surface area contributed by atoms with Gasteiger partial charge < -0.3 is 9.84 Å². The van der Waals surface area contributed by atoms with E-state index in [0.29, 0.717) is 10.0 Å². The van der Waals surface area contributed by atoms with Crippen molar-refractivity contribution in [3.8, 4) is 0 Å². The Kier molecular flexibility index (Phi) is 3.62. The minimum atomic E-state index is -0.887. The van der Waals surface area contributed by atoms with Crippen molar-refractivity contribution in [1.29, 1.82) is 0 Å². The molecule has 1 saturated heterocycles. The van der Waals surface area contributed by atoms with Crippen LogP contribution in [0.2, 0.25) is 0 Å². The molecule has 16 heavy (non-hydrogen) atoms. The van der Waals surface area contributed by atoms with Crippen LogP contribution >= 0.6 is 15.9 Å². The van der Waals surface area contributed by atoms with Crippen LogP contribution in [0.3, 0.4) is 0 Å². The van der Waals surface area contributed by atoms with Crippen LogP contribution in [0, 0.1) is 5.82 Å². The highest BCUT2D eigenvalue weighted by Crippen LogP contribution is 2.32. The van der Waals surface area contributed by atoms with Gasteiger partial charge in [0.25, 0.3) is 0 Å². The molecular formula is C12H14BrFO2. The van der Waals surface area contributed by atoms with Crippen LogP contribution in [0.25, 0.3) is 0 Å². The molecular weight excluding hydrogens is 275 g/mol. The Morgan fingerprint density at radius 3 is 2.88 bits per heavy atom. The van der Waals surface area contributed by atoms with E-state index in [1.807, 2.05) is 6.92 Å². The number of ether oxygens (including phenoxy) is 1. The van der Waals surface area contributed by atoms with Gasteiger partial charge in [-0.2, -0.15) is 0 Å². The standard InChI is InChI=1S/C12H14BrFO2/c1-7-5-6-10(16-7)12(15)8-3-2-4-9(13)11(8)14/h2-4,7,10,12,15H,5-6H2,1H3. The first-order valence-corrected chi connectivity index (χ1v) is 6.16. The fourth-order valence-electron chi connectivity index (χ4n) is 2.01. The predicted molar refractivity (Wildman–Crippen MR) is 62.6 cm³/mol. The SMILES string of the molecule is CC1CCC(C(O)c2cccc(Br)c2F)O1. The average molecular weight is 289 g/mol. The van der Waals surface area contributed by atoms with Gasteiger partial charge in [-0.25, -0.2) is 4.39 Å². The van der Waals surface area contributed by atoms with E-state index < -0.39 is 11.9 Å². The third kappa shape index (κ3) is 2.29. The second kappa shape index (κ2) is 4.82. The van der Waals surface area contributed by atoms with Crippen LogP contribution in [-0.2, 0) is 4.74 Å². The smallest absolute Gasteiger partial charge is 0.143 e. The van der Waals surface area contributed by atoms with Crippen molar-refractivity contribution >= 4 is 15.9 Å². The molecule has 1 aliphatic heterocycles. The van der Waals surface area contributed by atoms with Gasteiger partial charge in [-0.05, 0) is 41.8 Å². The number of hydrogen-bond donors (Lipinski definition) is 1. The van der Waals surface area contributed by atoms with Crippen molar-refractivity contribution in [1.82, 2.24) is 0 Å². The molecule has 1 N–H and O–H groups in total. The van der Waals surface area contributed by atoms with Crippen LogP contribution in [0.15, 0.2) is 22.7 Å². The lowest BCUT2D eigenvalue weighted by molar-refractivity contribution is -0.0311. The quantitative estimate of drug-likeness (QED) is 0.906. The van der Waals surface area contributed by atoms with E-state index in [1.165, 1.54) is 0 Å². The molecule has 3 unspecified atom stereocenters. The minimum Gasteiger partial charge on any atom is -0.386 e. The zero-order valence-corrected chi connectivity index (χ0v) is 10.6. The van der Waals surface area contributed by atoms with E-state index in [9.17, 15) is 9.50 Å². The van der Waals surface area contributed by atoms with Crippen LogP contribution in [0.4, 0.5) is 4.39 Å². The first kappa shape index (κ1) is 12.0. The number of aliphatic hydroxyl groups is 1. The Morgan fingerprint density at radius 1 is 1.50 bits per heavy atom. The van der Waals surface area contributed by atoms with Crippen LogP contribution in [0.1, 0.15) is 31.4 Å². The molecule has 0 bridgehead atoms. The molecule has 0 spiro atoms. The second-order valence-electron chi connectivity index (χ2n) is 4.15. The van der Waals surface area contributed by atoms with Crippen molar-refractivity contribution in [2.45, 2.75) is 38.1 Å². The summed E-state index contributed by atoms with van der Waals surface area (Å²) in [6.45, 7) is 1.96. The molecule has 0 aliphatic carbocycles. The fourth-order valence-corrected chi connectivity index (χ4v) is 2.40. The third-order valence-corrected chi connectivity index (χ3v) is 3.53. The fraction of sp³-hybridized carbons (Fsp3) is 0.500. The van der Waals surface area contributed by atoms with Gasteiger partial charge >= 0.3 is 0 Å². The monoisotopic (exact) mass is 288 g/mol. The van der Waals surface area contributed by atoms with Gasteiger partial charge in [0.05, 0.1) is 16.7 Å². The van der Waals surface area contributed by atoms with Gasteiger partial charge in [-0.3, -0.25) is 0 Å². The maximum Gasteiger partial charge on any atom is 0.143 e. The van der Waals surface area contributed by atoms with E-state index in [-0.39, 0.29) is 12.2 Å². The molecule has 2 rings (SSSR count). The zero-order chi connectivity index (χ0) is 11.7. The Balaban J connectivity index is 2.20. The summed E-state index contributed by atoms with van der Waals surface area (Å²) in [5.41, 5.74) is 0.300. The number of halogens is 2. The highest BCUT2D eigenvalue weighted by molar-refractivity contribution is 9.10. The summed E-state index contributed by atoms with van der Waals surface area (Å²) < 4.78 is 19.7. The lowest BCUT2D eigenvalue weighted by Crippen LogP contribution is -2.19. The molecule has 0 amide bonds. The molecule has 2 nitrogen and oxygen atoms in total. The summed E-state index contributed by atoms with van der Waals surface area (Å²) in [7, 11) is 0. The maximum atomic E-state index is 13.7. The molecule has 88 valence electrons. The van der Waals surface area contributed by atoms with Crippen molar-refractivity contribution < 1.29 is 14.2 Å². The van der Waals surface area contributed by atoms with Crippen molar-refractivity contribution in [2.24, 2.45) is 0 Å². The molecule has 1 aromatic rings. The van der Waals surface area contributed by atoms with Crippen LogP contribution in [-0.4, -0.2) is 17.3 Å². The van der Waals surface area contributed by atoms with Crippen LogP contribution < -0.4 is 0 Å². The minimum absolute atomic E-state index is 0.148. The first-order chi connectivity index (χ1) is 7.59.